The van der Waals surface area contributed by atoms with Crippen LogP contribution in [0.1, 0.15) is 23.7 Å². The fourth-order valence-corrected chi connectivity index (χ4v) is 5.71. The third-order valence-corrected chi connectivity index (χ3v) is 8.05. The summed E-state index contributed by atoms with van der Waals surface area (Å²) in [5.74, 6) is 1.31. The topological polar surface area (TPSA) is 115 Å². The molecule has 2 amide bonds. The number of rotatable bonds is 6. The largest absolute Gasteiger partial charge is 0.383 e. The van der Waals surface area contributed by atoms with Gasteiger partial charge in [-0.05, 0) is 60.6 Å². The lowest BCUT2D eigenvalue weighted by Crippen LogP contribution is -2.52. The number of benzene rings is 2. The molecule has 0 saturated carbocycles. The number of hydrogen-bond acceptors (Lipinski definition) is 6. The van der Waals surface area contributed by atoms with Crippen molar-refractivity contribution in [1.82, 2.24) is 19.4 Å². The van der Waals surface area contributed by atoms with Gasteiger partial charge in [0.2, 0.25) is 0 Å². The van der Waals surface area contributed by atoms with Gasteiger partial charge in [-0.1, -0.05) is 30.8 Å². The zero-order chi connectivity index (χ0) is 28.0. The lowest BCUT2D eigenvalue weighted by Gasteiger charge is -2.42. The van der Waals surface area contributed by atoms with Crippen LogP contribution >= 0.6 is 0 Å². The van der Waals surface area contributed by atoms with E-state index in [-0.39, 0.29) is 11.8 Å². The fourth-order valence-electron chi connectivity index (χ4n) is 5.71. The lowest BCUT2D eigenvalue weighted by molar-refractivity contribution is -0.112. The van der Waals surface area contributed by atoms with Crippen molar-refractivity contribution in [1.29, 1.82) is 0 Å². The van der Waals surface area contributed by atoms with Crippen molar-refractivity contribution in [3.8, 4) is 22.4 Å². The maximum absolute atomic E-state index is 13.2. The molecule has 9 heteroatoms. The zero-order valence-corrected chi connectivity index (χ0v) is 22.7. The van der Waals surface area contributed by atoms with Crippen LogP contribution in [0.2, 0.25) is 0 Å². The lowest BCUT2D eigenvalue weighted by atomic mass is 9.85. The van der Waals surface area contributed by atoms with Crippen molar-refractivity contribution < 1.29 is 14.3 Å². The van der Waals surface area contributed by atoms with Gasteiger partial charge in [0.1, 0.15) is 17.8 Å². The molecule has 2 aliphatic rings. The first kappa shape index (κ1) is 25.8. The molecule has 1 atom stereocenters. The number of carbonyl (C=O) groups excluding carboxylic acids is 2. The van der Waals surface area contributed by atoms with E-state index >= 15 is 0 Å². The molecule has 4 heterocycles. The molecule has 9 nitrogen and oxygen atoms in total. The van der Waals surface area contributed by atoms with Crippen molar-refractivity contribution >= 4 is 34.4 Å². The van der Waals surface area contributed by atoms with Gasteiger partial charge in [-0.3, -0.25) is 9.59 Å². The summed E-state index contributed by atoms with van der Waals surface area (Å²) in [5.41, 5.74) is 12.5. The van der Waals surface area contributed by atoms with E-state index in [0.717, 1.165) is 60.5 Å². The molecule has 1 unspecified atom stereocenters. The minimum absolute atomic E-state index is 0.0510. The molecule has 204 valence electrons. The maximum Gasteiger partial charge on any atom is 0.253 e. The number of aryl methyl sites for hydroxylation is 1. The van der Waals surface area contributed by atoms with E-state index in [1.165, 1.54) is 6.33 Å². The molecule has 0 bridgehead atoms. The Morgan fingerprint density at radius 3 is 2.38 bits per heavy atom. The molecular formula is C31H32N6O3. The Morgan fingerprint density at radius 1 is 1.02 bits per heavy atom. The van der Waals surface area contributed by atoms with Gasteiger partial charge >= 0.3 is 0 Å². The second kappa shape index (κ2) is 10.2. The van der Waals surface area contributed by atoms with Crippen molar-refractivity contribution in [2.24, 2.45) is 18.9 Å². The van der Waals surface area contributed by atoms with Gasteiger partial charge in [-0.2, -0.15) is 0 Å². The van der Waals surface area contributed by atoms with Gasteiger partial charge < -0.3 is 25.3 Å². The van der Waals surface area contributed by atoms with Gasteiger partial charge in [0.25, 0.3) is 11.8 Å². The monoisotopic (exact) mass is 536 g/mol. The number of anilines is 2. The summed E-state index contributed by atoms with van der Waals surface area (Å²) in [4.78, 5) is 35.9. The van der Waals surface area contributed by atoms with Crippen LogP contribution in [-0.2, 0) is 16.6 Å². The van der Waals surface area contributed by atoms with Crippen LogP contribution in [0.3, 0.4) is 0 Å². The number of amides is 2. The third-order valence-electron chi connectivity index (χ3n) is 8.05. The normalized spacial score (nSPS) is 17.1. The minimum Gasteiger partial charge on any atom is -0.383 e. The van der Waals surface area contributed by atoms with Crippen molar-refractivity contribution in [3.05, 3.63) is 72.6 Å². The molecule has 2 aromatic carbocycles. The summed E-state index contributed by atoms with van der Waals surface area (Å²) < 4.78 is 7.51. The smallest absolute Gasteiger partial charge is 0.253 e. The highest BCUT2D eigenvalue weighted by atomic mass is 16.5. The van der Waals surface area contributed by atoms with E-state index in [1.807, 2.05) is 65.0 Å². The summed E-state index contributed by atoms with van der Waals surface area (Å²) in [6.07, 6.45) is 2.55. The molecule has 2 aliphatic heterocycles. The van der Waals surface area contributed by atoms with Crippen LogP contribution in [0, 0.1) is 11.8 Å². The van der Waals surface area contributed by atoms with Gasteiger partial charge in [0.15, 0.2) is 0 Å². The first-order valence-corrected chi connectivity index (χ1v) is 13.5. The third kappa shape index (κ3) is 4.52. The van der Waals surface area contributed by atoms with Gasteiger partial charge in [-0.25, -0.2) is 9.97 Å². The quantitative estimate of drug-likeness (QED) is 0.351. The Kier molecular flexibility index (Phi) is 6.59. The second-order valence-electron chi connectivity index (χ2n) is 10.7. The first-order chi connectivity index (χ1) is 19.3. The predicted molar refractivity (Wildman–Crippen MR) is 156 cm³/mol. The number of nitrogens with one attached hydrogen (secondary N) is 1. The number of fused-ring (bicyclic) bond motifs is 1. The fraction of sp³-hybridized carbons (Fsp3) is 0.290. The molecule has 6 rings (SSSR count). The number of likely N-dealkylation sites (tertiary alicyclic amines) is 1. The number of nitrogens with two attached hydrogens (primary N) is 1. The Morgan fingerprint density at radius 2 is 1.73 bits per heavy atom. The molecule has 3 N–H and O–H groups in total. The molecule has 0 spiro atoms. The van der Waals surface area contributed by atoms with E-state index in [9.17, 15) is 9.59 Å². The first-order valence-electron chi connectivity index (χ1n) is 13.5. The van der Waals surface area contributed by atoms with Crippen molar-refractivity contribution in [2.45, 2.75) is 13.3 Å². The van der Waals surface area contributed by atoms with Gasteiger partial charge in [0, 0.05) is 55.7 Å². The van der Waals surface area contributed by atoms with Crippen molar-refractivity contribution in [2.75, 3.05) is 37.4 Å². The van der Waals surface area contributed by atoms with Gasteiger partial charge in [-0.15, -0.1) is 0 Å². The van der Waals surface area contributed by atoms with E-state index in [0.29, 0.717) is 40.1 Å². The van der Waals surface area contributed by atoms with E-state index in [2.05, 4.69) is 21.9 Å². The number of hydrogen-bond donors (Lipinski definition) is 2. The standard InChI is InChI=1S/C31H32N6O3/c1-18(2)30(38)35-24-10-8-20(9-11-24)27-25(26-28(32)33-17-34-29(26)36(27)3)19-4-6-21(7-5-19)31(39)37-14-23(15-37)22-12-13-40-16-22/h4-11,17,22-23H,1,12-16H2,2-3H3,(H,35,38)(H2,32,33,34). The molecule has 0 radical (unpaired) electrons. The van der Waals surface area contributed by atoms with Crippen LogP contribution in [0.15, 0.2) is 67.0 Å². The summed E-state index contributed by atoms with van der Waals surface area (Å²) in [6.45, 7) is 8.59. The zero-order valence-electron chi connectivity index (χ0n) is 22.7. The summed E-state index contributed by atoms with van der Waals surface area (Å²) in [6, 6.07) is 15.3. The molecular weight excluding hydrogens is 504 g/mol. The highest BCUT2D eigenvalue weighted by molar-refractivity contribution is 6.08. The number of ether oxygens (including phenoxy) is 1. The van der Waals surface area contributed by atoms with E-state index in [1.54, 1.807) is 6.92 Å². The highest BCUT2D eigenvalue weighted by Crippen LogP contribution is 2.42. The number of nitrogens with zero attached hydrogens (tertiary/aromatic N) is 4. The van der Waals surface area contributed by atoms with Crippen LogP contribution in [0.25, 0.3) is 33.4 Å². The Labute approximate surface area is 232 Å². The van der Waals surface area contributed by atoms with Gasteiger partial charge in [0.05, 0.1) is 11.1 Å². The second-order valence-corrected chi connectivity index (χ2v) is 10.7. The van der Waals surface area contributed by atoms with E-state index < -0.39 is 0 Å². The molecule has 0 aliphatic carbocycles. The number of aromatic nitrogens is 3. The average Bonchev–Trinajstić information content (AvgIpc) is 3.56. The van der Waals surface area contributed by atoms with E-state index in [4.69, 9.17) is 10.5 Å². The van der Waals surface area contributed by atoms with Crippen LogP contribution < -0.4 is 11.1 Å². The molecule has 4 aromatic rings. The van der Waals surface area contributed by atoms with Crippen LogP contribution in [0.4, 0.5) is 11.5 Å². The van der Waals surface area contributed by atoms with Crippen molar-refractivity contribution in [3.63, 3.8) is 0 Å². The molecule has 2 fully saturated rings. The molecule has 2 aromatic heterocycles. The summed E-state index contributed by atoms with van der Waals surface area (Å²) in [5, 5.41) is 3.59. The SMILES string of the molecule is C=C(C)C(=O)Nc1ccc(-c2c(-c3ccc(C(=O)N4CC(C5CCOC5)C4)cc3)c3c(N)ncnc3n2C)cc1. The number of carbonyl (C=O) groups is 2. The molecule has 2 saturated heterocycles. The maximum atomic E-state index is 13.2. The summed E-state index contributed by atoms with van der Waals surface area (Å²) in [7, 11) is 1.94. The minimum atomic E-state index is -0.225. The average molecular weight is 537 g/mol. The van der Waals surface area contributed by atoms with Crippen LogP contribution in [-0.4, -0.2) is 57.6 Å². The Bertz CT molecular complexity index is 1610. The summed E-state index contributed by atoms with van der Waals surface area (Å²) >= 11 is 0. The Hall–Kier alpha value is -4.50. The number of nitrogen functional groups attached to an aromatic ring is 1. The molecule has 40 heavy (non-hydrogen) atoms. The highest BCUT2D eigenvalue weighted by Gasteiger charge is 2.38. The predicted octanol–water partition coefficient (Wildman–Crippen LogP) is 4.51. The van der Waals surface area contributed by atoms with Crippen LogP contribution in [0.5, 0.6) is 0 Å². The Balaban J connectivity index is 1.32.